The van der Waals surface area contributed by atoms with E-state index >= 15 is 0 Å². The molecular weight excluding hydrogens is 310 g/mol. The minimum absolute atomic E-state index is 0.189. The third-order valence-corrected chi connectivity index (χ3v) is 4.91. The van der Waals surface area contributed by atoms with Crippen LogP contribution in [-0.4, -0.2) is 21.7 Å². The molecule has 0 unspecified atom stereocenters. The zero-order valence-electron chi connectivity index (χ0n) is 13.2. The second-order valence-corrected chi connectivity index (χ2v) is 6.70. The van der Waals surface area contributed by atoms with Crippen LogP contribution in [0.4, 0.5) is 0 Å². The number of fused-ring (bicyclic) bond motifs is 1. The van der Waals surface area contributed by atoms with Crippen LogP contribution in [0.5, 0.6) is 5.75 Å². The van der Waals surface area contributed by atoms with E-state index in [1.54, 1.807) is 6.07 Å². The number of rotatable bonds is 3. The number of hydrazone groups is 1. The predicted molar refractivity (Wildman–Crippen MR) is 91.0 cm³/mol. The first-order valence-corrected chi connectivity index (χ1v) is 8.51. The molecule has 1 heterocycles. The Kier molecular flexibility index (Phi) is 4.43. The van der Waals surface area contributed by atoms with Gasteiger partial charge in [-0.05, 0) is 50.3 Å². The van der Waals surface area contributed by atoms with Gasteiger partial charge in [-0.15, -0.1) is 11.3 Å². The molecule has 3 rings (SSSR count). The lowest BCUT2D eigenvalue weighted by Gasteiger charge is -2.20. The highest BCUT2D eigenvalue weighted by Crippen LogP contribution is 2.31. The molecule has 0 fully saturated rings. The number of phenolic OH excluding ortho intramolecular Hbond substituents is 1. The molecule has 5 nitrogen and oxygen atoms in total. The summed E-state index contributed by atoms with van der Waals surface area (Å²) < 4.78 is 0. The number of phenols is 1. The standard InChI is InChI=1S/C17H19N3O2S/c1-10-6-7-14(21)17-12(10)4-3-5-13(17)19-20-15(22)8-16-18-11(2)9-23-16/h6-7,9,21H,3-5,8H2,1-2H3,(H,20,22)/b19-13+. The molecule has 1 aliphatic carbocycles. The fraction of sp³-hybridized carbons (Fsp3) is 0.353. The van der Waals surface area contributed by atoms with Gasteiger partial charge in [0.2, 0.25) is 5.91 Å². The first-order chi connectivity index (χ1) is 11.0. The van der Waals surface area contributed by atoms with E-state index in [9.17, 15) is 9.90 Å². The molecule has 1 aromatic heterocycles. The molecule has 23 heavy (non-hydrogen) atoms. The monoisotopic (exact) mass is 329 g/mol. The van der Waals surface area contributed by atoms with Gasteiger partial charge in [0.1, 0.15) is 10.8 Å². The second kappa shape index (κ2) is 6.50. The van der Waals surface area contributed by atoms with Crippen LogP contribution in [0.15, 0.2) is 22.6 Å². The molecule has 0 spiro atoms. The third-order valence-electron chi connectivity index (χ3n) is 3.95. The molecule has 0 saturated carbocycles. The number of benzene rings is 1. The van der Waals surface area contributed by atoms with Gasteiger partial charge in [0.15, 0.2) is 0 Å². The Morgan fingerprint density at radius 2 is 2.22 bits per heavy atom. The van der Waals surface area contributed by atoms with Crippen molar-refractivity contribution in [1.82, 2.24) is 10.4 Å². The van der Waals surface area contributed by atoms with Crippen molar-refractivity contribution in [3.63, 3.8) is 0 Å². The first kappa shape index (κ1) is 15.7. The number of nitrogens with one attached hydrogen (secondary N) is 1. The number of hydrogen-bond acceptors (Lipinski definition) is 5. The lowest BCUT2D eigenvalue weighted by Crippen LogP contribution is -2.23. The van der Waals surface area contributed by atoms with E-state index in [4.69, 9.17) is 0 Å². The fourth-order valence-electron chi connectivity index (χ4n) is 2.84. The maximum absolute atomic E-state index is 12.0. The smallest absolute Gasteiger partial charge is 0.246 e. The normalized spacial score (nSPS) is 15.5. The van der Waals surface area contributed by atoms with Gasteiger partial charge in [-0.3, -0.25) is 4.79 Å². The number of aromatic nitrogens is 1. The Morgan fingerprint density at radius 1 is 1.39 bits per heavy atom. The van der Waals surface area contributed by atoms with Crippen molar-refractivity contribution in [3.05, 3.63) is 44.9 Å². The van der Waals surface area contributed by atoms with Gasteiger partial charge in [0.25, 0.3) is 0 Å². The zero-order valence-corrected chi connectivity index (χ0v) is 14.0. The summed E-state index contributed by atoms with van der Waals surface area (Å²) >= 11 is 1.47. The molecule has 0 aliphatic heterocycles. The van der Waals surface area contributed by atoms with Gasteiger partial charge in [0, 0.05) is 16.6 Å². The Bertz CT molecular complexity index is 780. The molecular formula is C17H19N3O2S. The molecule has 6 heteroatoms. The molecule has 120 valence electrons. The van der Waals surface area contributed by atoms with Crippen molar-refractivity contribution >= 4 is 23.0 Å². The average molecular weight is 329 g/mol. The van der Waals surface area contributed by atoms with Crippen molar-refractivity contribution in [2.75, 3.05) is 0 Å². The molecule has 1 amide bonds. The van der Waals surface area contributed by atoms with Gasteiger partial charge >= 0.3 is 0 Å². The maximum atomic E-state index is 12.0. The van der Waals surface area contributed by atoms with E-state index in [0.29, 0.717) is 0 Å². The van der Waals surface area contributed by atoms with Crippen molar-refractivity contribution < 1.29 is 9.90 Å². The highest BCUT2D eigenvalue weighted by molar-refractivity contribution is 7.09. The third kappa shape index (κ3) is 3.42. The Morgan fingerprint density at radius 3 is 2.96 bits per heavy atom. The van der Waals surface area contributed by atoms with E-state index in [0.717, 1.165) is 52.4 Å². The molecule has 2 aromatic rings. The lowest BCUT2D eigenvalue weighted by atomic mass is 9.86. The summed E-state index contributed by atoms with van der Waals surface area (Å²) in [7, 11) is 0. The summed E-state index contributed by atoms with van der Waals surface area (Å²) in [5.41, 5.74) is 7.32. The summed E-state index contributed by atoms with van der Waals surface area (Å²) in [6.45, 7) is 3.94. The van der Waals surface area contributed by atoms with Gasteiger partial charge in [-0.25, -0.2) is 10.4 Å². The lowest BCUT2D eigenvalue weighted by molar-refractivity contribution is -0.120. The van der Waals surface area contributed by atoms with Crippen molar-refractivity contribution in [3.8, 4) is 5.75 Å². The van der Waals surface area contributed by atoms with Gasteiger partial charge in [-0.1, -0.05) is 6.07 Å². The van der Waals surface area contributed by atoms with Crippen LogP contribution in [0.1, 0.15) is 40.2 Å². The largest absolute Gasteiger partial charge is 0.507 e. The number of aromatic hydroxyl groups is 1. The van der Waals surface area contributed by atoms with Crippen LogP contribution in [-0.2, 0) is 17.6 Å². The maximum Gasteiger partial charge on any atom is 0.246 e. The van der Waals surface area contributed by atoms with Gasteiger partial charge in [-0.2, -0.15) is 5.10 Å². The summed E-state index contributed by atoms with van der Waals surface area (Å²) in [5.74, 6) is 0.0416. The van der Waals surface area contributed by atoms with Crippen LogP contribution < -0.4 is 5.43 Å². The average Bonchev–Trinajstić information content (AvgIpc) is 2.94. The van der Waals surface area contributed by atoms with Crippen LogP contribution >= 0.6 is 11.3 Å². The number of carbonyl (C=O) groups excluding carboxylic acids is 1. The molecule has 0 saturated heterocycles. The number of nitrogens with zero attached hydrogens (tertiary/aromatic N) is 2. The van der Waals surface area contributed by atoms with E-state index in [1.165, 1.54) is 11.3 Å². The minimum atomic E-state index is -0.189. The molecule has 2 N–H and O–H groups in total. The van der Waals surface area contributed by atoms with E-state index in [1.807, 2.05) is 25.3 Å². The van der Waals surface area contributed by atoms with Crippen LogP contribution in [0.25, 0.3) is 0 Å². The number of aryl methyl sites for hydroxylation is 2. The molecule has 0 bridgehead atoms. The summed E-state index contributed by atoms with van der Waals surface area (Å²) in [5, 5.41) is 17.1. The van der Waals surface area contributed by atoms with E-state index in [2.05, 4.69) is 15.5 Å². The molecule has 1 aromatic carbocycles. The highest BCUT2D eigenvalue weighted by Gasteiger charge is 2.21. The fourth-order valence-corrected chi connectivity index (χ4v) is 3.61. The number of carbonyl (C=O) groups is 1. The van der Waals surface area contributed by atoms with Crippen molar-refractivity contribution in [1.29, 1.82) is 0 Å². The zero-order chi connectivity index (χ0) is 16.4. The first-order valence-electron chi connectivity index (χ1n) is 7.63. The van der Waals surface area contributed by atoms with Crippen LogP contribution in [0.2, 0.25) is 0 Å². The number of hydrogen-bond donors (Lipinski definition) is 2. The van der Waals surface area contributed by atoms with Gasteiger partial charge in [0.05, 0.1) is 12.1 Å². The topological polar surface area (TPSA) is 74.6 Å². The number of amides is 1. The summed E-state index contributed by atoms with van der Waals surface area (Å²) in [6, 6.07) is 3.61. The summed E-state index contributed by atoms with van der Waals surface area (Å²) in [4.78, 5) is 16.3. The SMILES string of the molecule is Cc1csc(CC(=O)N/N=C2\CCCc3c(C)ccc(O)c32)n1. The molecule has 1 aliphatic rings. The minimum Gasteiger partial charge on any atom is -0.507 e. The van der Waals surface area contributed by atoms with Crippen molar-refractivity contribution in [2.24, 2.45) is 5.10 Å². The second-order valence-electron chi connectivity index (χ2n) is 5.76. The molecule has 0 atom stereocenters. The quantitative estimate of drug-likeness (QED) is 0.850. The molecule has 0 radical (unpaired) electrons. The summed E-state index contributed by atoms with van der Waals surface area (Å²) in [6.07, 6.45) is 2.88. The van der Waals surface area contributed by atoms with Crippen molar-refractivity contribution in [2.45, 2.75) is 39.5 Å². The highest BCUT2D eigenvalue weighted by atomic mass is 32.1. The Hall–Kier alpha value is -2.21. The predicted octanol–water partition coefficient (Wildman–Crippen LogP) is 2.86. The van der Waals surface area contributed by atoms with E-state index in [-0.39, 0.29) is 18.1 Å². The number of thiazole rings is 1. The van der Waals surface area contributed by atoms with E-state index < -0.39 is 0 Å². The van der Waals surface area contributed by atoms with Crippen LogP contribution in [0, 0.1) is 13.8 Å². The Balaban J connectivity index is 1.77. The van der Waals surface area contributed by atoms with Crippen LogP contribution in [0.3, 0.4) is 0 Å². The van der Waals surface area contributed by atoms with Gasteiger partial charge < -0.3 is 5.11 Å². The Labute approximate surface area is 139 Å².